The summed E-state index contributed by atoms with van der Waals surface area (Å²) in [5.41, 5.74) is 8.65. The molecule has 8 aromatic rings. The van der Waals surface area contributed by atoms with E-state index in [2.05, 4.69) is 257 Å². The van der Waals surface area contributed by atoms with E-state index in [4.69, 9.17) is 9.47 Å². The van der Waals surface area contributed by atoms with Crippen molar-refractivity contribution < 1.29 is 19.1 Å². The second kappa shape index (κ2) is 25.2. The largest absolute Gasteiger partial charge is 0.465 e. The van der Waals surface area contributed by atoms with Crippen LogP contribution in [-0.4, -0.2) is 58.5 Å². The van der Waals surface area contributed by atoms with E-state index in [1.165, 1.54) is 63.1 Å². The molecule has 0 unspecified atom stereocenters. The molecule has 4 aromatic carbocycles. The van der Waals surface area contributed by atoms with Crippen molar-refractivity contribution in [2.75, 3.05) is 14.2 Å². The lowest BCUT2D eigenvalue weighted by atomic mass is 9.98. The van der Waals surface area contributed by atoms with Gasteiger partial charge < -0.3 is 9.47 Å². The van der Waals surface area contributed by atoms with Crippen molar-refractivity contribution in [3.63, 3.8) is 0 Å². The van der Waals surface area contributed by atoms with Gasteiger partial charge in [0.15, 0.2) is 0 Å². The Bertz CT molecular complexity index is 3340. The molecule has 4 heterocycles. The zero-order valence-corrected chi connectivity index (χ0v) is 65.0. The number of methoxy groups -OCH3 is 2. The monoisotopic (exact) mass is 1380 g/mol. The molecule has 0 saturated carbocycles. The first-order chi connectivity index (χ1) is 38.1. The van der Waals surface area contributed by atoms with Gasteiger partial charge in [0.1, 0.15) is 32.3 Å². The Morgan fingerprint density at radius 2 is 0.488 bits per heavy atom. The van der Waals surface area contributed by atoms with Gasteiger partial charge in [-0.25, -0.2) is 9.59 Å². The minimum atomic E-state index is -2.01. The predicted octanol–water partition coefficient (Wildman–Crippen LogP) is 23.2. The molecule has 8 rings (SSSR count). The van der Waals surface area contributed by atoms with Gasteiger partial charge >= 0.3 is 11.9 Å². The normalized spacial score (nSPS) is 13.6. The Labute approximate surface area is 531 Å². The highest BCUT2D eigenvalue weighted by atomic mass is 79.9. The van der Waals surface area contributed by atoms with Crippen LogP contribution in [0.2, 0.25) is 66.5 Å². The molecule has 0 amide bonds. The number of halogens is 2. The van der Waals surface area contributed by atoms with Gasteiger partial charge in [-0.05, 0) is 133 Å². The van der Waals surface area contributed by atoms with Crippen LogP contribution >= 0.6 is 77.2 Å². The molecular weight excluding hydrogens is 1280 g/mol. The predicted molar refractivity (Wildman–Crippen MR) is 390 cm³/mol. The van der Waals surface area contributed by atoms with E-state index in [-0.39, 0.29) is 11.9 Å². The molecule has 4 aromatic heterocycles. The number of hydrogen-bond acceptors (Lipinski definition) is 8. The Kier molecular flexibility index (Phi) is 20.8. The highest BCUT2D eigenvalue weighted by Gasteiger charge is 2.50. The van der Waals surface area contributed by atoms with Gasteiger partial charge in [-0.3, -0.25) is 0 Å². The Balaban J connectivity index is 0.000000239. The van der Waals surface area contributed by atoms with Crippen molar-refractivity contribution in [3.8, 4) is 0 Å². The van der Waals surface area contributed by atoms with E-state index in [1.54, 1.807) is 9.00 Å². The summed E-state index contributed by atoms with van der Waals surface area (Å²) in [5, 5.41) is 9.54. The first-order valence-electron chi connectivity index (χ1n) is 30.6. The Morgan fingerprint density at radius 1 is 0.305 bits per heavy atom. The standard InChI is InChI=1S/C36H52O4S2Si2.C32H46Br2S2Si2/c1-19(2)43(20(3)4,21(5)6)31-17-27-29(35(37)39-13)16-26-25(33(27)41-31)15-30(36(38)40-14)28-18-32(42-34(26)28)44(22(7)8,23(9)10)24(11)12;1-17(2)37(18(3)4,19(5)6)29-15-25-27(33)14-24-23(31(25)35-29)13-28(34)26-16-30(36-32(24)26)38(20(7)8,21(9)10)22(11)12/h15-24H,1-14H3;13-22H,1-12H3. The lowest BCUT2D eigenvalue weighted by molar-refractivity contribution is 0.0594. The molecule has 0 fully saturated rings. The molecule has 0 aliphatic carbocycles. The zero-order chi connectivity index (χ0) is 61.5. The lowest BCUT2D eigenvalue weighted by Gasteiger charge is -2.42. The number of ether oxygens (including phenoxy) is 2. The average Bonchev–Trinajstić information content (AvgIpc) is 1.93. The summed E-state index contributed by atoms with van der Waals surface area (Å²) in [5.74, 6) is -0.631. The molecule has 82 heavy (non-hydrogen) atoms. The maximum Gasteiger partial charge on any atom is 0.338 e. The van der Waals surface area contributed by atoms with Crippen LogP contribution in [0.1, 0.15) is 187 Å². The molecule has 4 nitrogen and oxygen atoms in total. The van der Waals surface area contributed by atoms with Crippen molar-refractivity contribution >= 4 is 201 Å². The SMILES string of the molecule is CC(C)[Si](c1cc2c(Br)cc3c(cc(Br)c4cc([Si](C(C)C)(C(C)C)C(C)C)sc43)c2s1)(C(C)C)C(C)C.COC(=O)c1cc2c(cc(C(=O)OC)c3cc([Si](C(C)C)(C(C)C)C(C)C)sc32)c2sc([Si](C(C)C)(C(C)C)C(C)C)cc12. The first-order valence-corrected chi connectivity index (χ1v) is 44.4. The van der Waals surface area contributed by atoms with E-state index in [0.29, 0.717) is 77.6 Å². The number of thiophene rings is 4. The van der Waals surface area contributed by atoms with Gasteiger partial charge in [-0.15, -0.1) is 45.3 Å². The van der Waals surface area contributed by atoms with Crippen molar-refractivity contribution in [3.05, 3.63) is 68.6 Å². The summed E-state index contributed by atoms with van der Waals surface area (Å²) < 4.78 is 24.5. The van der Waals surface area contributed by atoms with Crippen LogP contribution in [0.25, 0.3) is 61.9 Å². The van der Waals surface area contributed by atoms with Crippen molar-refractivity contribution in [1.29, 1.82) is 0 Å². The van der Waals surface area contributed by atoms with Gasteiger partial charge in [0, 0.05) is 70.8 Å². The molecule has 0 radical (unpaired) electrons. The third kappa shape index (κ3) is 10.5. The summed E-state index contributed by atoms with van der Waals surface area (Å²) >= 11 is 16.0. The van der Waals surface area contributed by atoms with Crippen LogP contribution in [0.3, 0.4) is 0 Å². The van der Waals surface area contributed by atoms with Crippen LogP contribution in [0.5, 0.6) is 0 Å². The Hall–Kier alpha value is -1.99. The molecule has 0 aliphatic rings. The third-order valence-corrected chi connectivity index (χ3v) is 58.3. The number of benzene rings is 4. The van der Waals surface area contributed by atoms with Crippen LogP contribution < -0.4 is 18.0 Å². The maximum atomic E-state index is 13.5. The molecule has 448 valence electrons. The number of hydrogen-bond donors (Lipinski definition) is 0. The van der Waals surface area contributed by atoms with Gasteiger partial charge in [-0.1, -0.05) is 198 Å². The van der Waals surface area contributed by atoms with Gasteiger partial charge in [0.2, 0.25) is 0 Å². The number of carbonyl (C=O) groups is 2. The average molecular weight is 1380 g/mol. The van der Waals surface area contributed by atoms with E-state index < -0.39 is 32.3 Å². The van der Waals surface area contributed by atoms with E-state index in [9.17, 15) is 9.59 Å². The minimum Gasteiger partial charge on any atom is -0.465 e. The Morgan fingerprint density at radius 3 is 0.683 bits per heavy atom. The number of rotatable bonds is 18. The summed E-state index contributed by atoms with van der Waals surface area (Å²) in [6.45, 7) is 58.2. The summed E-state index contributed by atoms with van der Waals surface area (Å²) in [6.07, 6.45) is 0. The van der Waals surface area contributed by atoms with E-state index in [0.717, 1.165) is 30.9 Å². The highest BCUT2D eigenvalue weighted by molar-refractivity contribution is 9.11. The van der Waals surface area contributed by atoms with Gasteiger partial charge in [0.25, 0.3) is 0 Å². The number of fused-ring (bicyclic) bond motifs is 10. The molecular formula is C68H98Br2O4S4Si4. The van der Waals surface area contributed by atoms with Crippen LogP contribution in [-0.2, 0) is 9.47 Å². The van der Waals surface area contributed by atoms with Crippen molar-refractivity contribution in [1.82, 2.24) is 0 Å². The fourth-order valence-corrected chi connectivity index (χ4v) is 60.0. The molecule has 0 atom stereocenters. The smallest absolute Gasteiger partial charge is 0.338 e. The fraction of sp³-hybridized carbons (Fsp3) is 0.559. The molecule has 0 spiro atoms. The lowest BCUT2D eigenvalue weighted by Crippen LogP contribution is -2.54. The second-order valence-electron chi connectivity index (χ2n) is 27.7. The molecule has 0 aliphatic heterocycles. The molecule has 0 N–H and O–H groups in total. The van der Waals surface area contributed by atoms with Gasteiger partial charge in [-0.2, -0.15) is 0 Å². The highest BCUT2D eigenvalue weighted by Crippen LogP contribution is 2.52. The van der Waals surface area contributed by atoms with Crippen LogP contribution in [0.15, 0.2) is 57.5 Å². The fourth-order valence-electron chi connectivity index (χ4n) is 17.9. The van der Waals surface area contributed by atoms with Crippen molar-refractivity contribution in [2.24, 2.45) is 0 Å². The molecule has 0 bridgehead atoms. The molecule has 0 saturated heterocycles. The maximum absolute atomic E-state index is 13.5. The number of carbonyl (C=O) groups excluding carboxylic acids is 2. The second-order valence-corrected chi connectivity index (χ2v) is 58.6. The van der Waals surface area contributed by atoms with Crippen LogP contribution in [0.4, 0.5) is 0 Å². The van der Waals surface area contributed by atoms with Gasteiger partial charge in [0.05, 0.1) is 25.3 Å². The summed E-state index contributed by atoms with van der Waals surface area (Å²) in [6, 6.07) is 18.7. The summed E-state index contributed by atoms with van der Waals surface area (Å²) in [7, 11) is -4.55. The third-order valence-electron chi connectivity index (χ3n) is 20.7. The minimum absolute atomic E-state index is 0.315. The quantitative estimate of drug-likeness (QED) is 0.0635. The van der Waals surface area contributed by atoms with Crippen LogP contribution in [0, 0.1) is 0 Å². The first kappa shape index (κ1) is 67.5. The topological polar surface area (TPSA) is 52.6 Å². The number of esters is 2. The summed E-state index contributed by atoms with van der Waals surface area (Å²) in [4.78, 5) is 26.9. The zero-order valence-electron chi connectivity index (χ0n) is 54.6. The van der Waals surface area contributed by atoms with E-state index in [1.807, 2.05) is 34.8 Å². The van der Waals surface area contributed by atoms with Crippen molar-refractivity contribution in [2.45, 2.75) is 233 Å². The van der Waals surface area contributed by atoms with E-state index >= 15 is 0 Å². The molecule has 14 heteroatoms.